The number of thiol groups is 1. The maximum atomic E-state index is 5.19. The highest BCUT2D eigenvalue weighted by molar-refractivity contribution is 8.22. The molecule has 1 aromatic rings. The highest BCUT2D eigenvalue weighted by Gasteiger charge is 1.96. The molecule has 0 unspecified atom stereocenters. The molecular formula is C11H15NS3. The summed E-state index contributed by atoms with van der Waals surface area (Å²) in [6.45, 7) is 0.813. The Hall–Kier alpha value is -0.190. The first-order valence-electron chi connectivity index (χ1n) is 4.88. The molecule has 1 N–H and O–H groups in total. The van der Waals surface area contributed by atoms with Gasteiger partial charge in [0.2, 0.25) is 0 Å². The van der Waals surface area contributed by atoms with Crippen molar-refractivity contribution in [1.29, 1.82) is 0 Å². The van der Waals surface area contributed by atoms with Crippen LogP contribution in [0.1, 0.15) is 12.0 Å². The molecule has 0 amide bonds. The first-order chi connectivity index (χ1) is 7.33. The van der Waals surface area contributed by atoms with E-state index in [1.807, 2.05) is 18.2 Å². The summed E-state index contributed by atoms with van der Waals surface area (Å²) in [5, 5.41) is 3.23. The second-order valence-corrected chi connectivity index (χ2v) is 5.27. The van der Waals surface area contributed by atoms with Gasteiger partial charge >= 0.3 is 0 Å². The van der Waals surface area contributed by atoms with Crippen molar-refractivity contribution in [2.75, 3.05) is 11.5 Å². The summed E-state index contributed by atoms with van der Waals surface area (Å²) in [5.74, 6) is 1.97. The Morgan fingerprint density at radius 1 is 1.33 bits per heavy atom. The van der Waals surface area contributed by atoms with E-state index >= 15 is 0 Å². The molecule has 4 heteroatoms. The lowest BCUT2D eigenvalue weighted by atomic mass is 10.2. The minimum atomic E-state index is 0.813. The minimum absolute atomic E-state index is 0.813. The van der Waals surface area contributed by atoms with Gasteiger partial charge in [-0.1, -0.05) is 54.3 Å². The Morgan fingerprint density at radius 3 is 2.73 bits per heavy atom. The molecule has 1 nitrogen and oxygen atoms in total. The maximum Gasteiger partial charge on any atom is 0.134 e. The van der Waals surface area contributed by atoms with Gasteiger partial charge in [0.05, 0.1) is 0 Å². The van der Waals surface area contributed by atoms with Crippen molar-refractivity contribution < 1.29 is 0 Å². The van der Waals surface area contributed by atoms with Crippen LogP contribution in [0, 0.1) is 0 Å². The Bertz CT molecular complexity index is 287. The Kier molecular flexibility index (Phi) is 6.88. The Labute approximate surface area is 106 Å². The molecule has 15 heavy (non-hydrogen) atoms. The monoisotopic (exact) mass is 257 g/mol. The second kappa shape index (κ2) is 8.02. The van der Waals surface area contributed by atoms with Crippen LogP contribution in [0.2, 0.25) is 0 Å². The standard InChI is InChI=1S/C11H15NS3/c13-7-4-8-15-11(14)12-9-10-5-2-1-3-6-10/h1-3,5-6,13H,4,7-9H2,(H,12,14). The molecule has 0 atom stereocenters. The third kappa shape index (κ3) is 6.07. The molecular weight excluding hydrogens is 242 g/mol. The first kappa shape index (κ1) is 12.9. The van der Waals surface area contributed by atoms with Gasteiger partial charge in [-0.15, -0.1) is 0 Å². The van der Waals surface area contributed by atoms with E-state index < -0.39 is 0 Å². The number of benzene rings is 1. The van der Waals surface area contributed by atoms with E-state index in [1.165, 1.54) is 5.56 Å². The lowest BCUT2D eigenvalue weighted by Gasteiger charge is -2.06. The molecule has 1 rings (SSSR count). The fraction of sp³-hybridized carbons (Fsp3) is 0.364. The molecule has 1 aromatic carbocycles. The fourth-order valence-electron chi connectivity index (χ4n) is 1.05. The molecule has 0 heterocycles. The average Bonchev–Trinajstić information content (AvgIpc) is 2.28. The SMILES string of the molecule is S=C(NCc1ccccc1)SCCCS. The van der Waals surface area contributed by atoms with Crippen molar-refractivity contribution in [1.82, 2.24) is 5.32 Å². The predicted molar refractivity (Wildman–Crippen MR) is 76.8 cm³/mol. The summed E-state index contributed by atoms with van der Waals surface area (Å²) in [7, 11) is 0. The Balaban J connectivity index is 2.17. The van der Waals surface area contributed by atoms with Gasteiger partial charge in [-0.2, -0.15) is 12.6 Å². The summed E-state index contributed by atoms with van der Waals surface area (Å²) < 4.78 is 0.876. The lowest BCUT2D eigenvalue weighted by molar-refractivity contribution is 0.939. The van der Waals surface area contributed by atoms with Crippen LogP contribution in [0.25, 0.3) is 0 Å². The largest absolute Gasteiger partial charge is 0.367 e. The third-order valence-corrected chi connectivity index (χ3v) is 3.53. The Morgan fingerprint density at radius 2 is 2.07 bits per heavy atom. The van der Waals surface area contributed by atoms with Crippen molar-refractivity contribution in [3.8, 4) is 0 Å². The second-order valence-electron chi connectivity index (χ2n) is 3.05. The van der Waals surface area contributed by atoms with E-state index in [0.29, 0.717) is 0 Å². The normalized spacial score (nSPS) is 9.93. The zero-order valence-corrected chi connectivity index (χ0v) is 11.0. The summed E-state index contributed by atoms with van der Waals surface area (Å²) in [6.07, 6.45) is 1.10. The van der Waals surface area contributed by atoms with E-state index in [0.717, 1.165) is 28.8 Å². The summed E-state index contributed by atoms with van der Waals surface area (Å²) >= 11 is 11.0. The van der Waals surface area contributed by atoms with Crippen LogP contribution in [0.15, 0.2) is 30.3 Å². The number of hydrogen-bond donors (Lipinski definition) is 2. The van der Waals surface area contributed by atoms with Crippen LogP contribution in [0.5, 0.6) is 0 Å². The van der Waals surface area contributed by atoms with Gasteiger partial charge in [0.15, 0.2) is 0 Å². The molecule has 0 saturated carbocycles. The zero-order valence-electron chi connectivity index (χ0n) is 8.48. The van der Waals surface area contributed by atoms with Gasteiger partial charge in [0.1, 0.15) is 4.32 Å². The summed E-state index contributed by atoms with van der Waals surface area (Å²) in [5.41, 5.74) is 1.26. The molecule has 0 spiro atoms. The molecule has 0 radical (unpaired) electrons. The summed E-state index contributed by atoms with van der Waals surface area (Å²) in [4.78, 5) is 0. The molecule has 0 aliphatic rings. The van der Waals surface area contributed by atoms with E-state index in [2.05, 4.69) is 30.1 Å². The van der Waals surface area contributed by atoms with Gasteiger partial charge in [-0.05, 0) is 17.7 Å². The minimum Gasteiger partial charge on any atom is -0.367 e. The quantitative estimate of drug-likeness (QED) is 0.478. The number of rotatable bonds is 5. The van der Waals surface area contributed by atoms with Gasteiger partial charge < -0.3 is 5.32 Å². The van der Waals surface area contributed by atoms with Crippen LogP contribution in [0.3, 0.4) is 0 Å². The highest BCUT2D eigenvalue weighted by atomic mass is 32.2. The molecule has 0 aliphatic heterocycles. The smallest absolute Gasteiger partial charge is 0.134 e. The predicted octanol–water partition coefficient (Wildman–Crippen LogP) is 3.11. The van der Waals surface area contributed by atoms with Crippen molar-refractivity contribution >= 4 is 40.9 Å². The average molecular weight is 257 g/mol. The van der Waals surface area contributed by atoms with Crippen LogP contribution < -0.4 is 5.32 Å². The zero-order chi connectivity index (χ0) is 10.9. The maximum absolute atomic E-state index is 5.19. The fourth-order valence-corrected chi connectivity index (χ4v) is 2.39. The van der Waals surface area contributed by atoms with Crippen LogP contribution >= 0.6 is 36.6 Å². The number of thioether (sulfide) groups is 1. The van der Waals surface area contributed by atoms with Crippen LogP contribution in [-0.4, -0.2) is 15.8 Å². The molecule has 0 fully saturated rings. The van der Waals surface area contributed by atoms with E-state index in [4.69, 9.17) is 12.2 Å². The number of nitrogens with one attached hydrogen (secondary N) is 1. The molecule has 0 aliphatic carbocycles. The van der Waals surface area contributed by atoms with Crippen LogP contribution in [-0.2, 0) is 6.54 Å². The van der Waals surface area contributed by atoms with E-state index in [1.54, 1.807) is 11.8 Å². The van der Waals surface area contributed by atoms with E-state index in [-0.39, 0.29) is 0 Å². The van der Waals surface area contributed by atoms with Crippen molar-refractivity contribution in [3.05, 3.63) is 35.9 Å². The molecule has 0 aromatic heterocycles. The van der Waals surface area contributed by atoms with Crippen LogP contribution in [0.4, 0.5) is 0 Å². The van der Waals surface area contributed by atoms with Gasteiger partial charge in [-0.3, -0.25) is 0 Å². The number of thiocarbonyl (C=S) groups is 1. The van der Waals surface area contributed by atoms with Crippen molar-refractivity contribution in [2.24, 2.45) is 0 Å². The van der Waals surface area contributed by atoms with Gasteiger partial charge in [-0.25, -0.2) is 0 Å². The summed E-state index contributed by atoms with van der Waals surface area (Å²) in [6, 6.07) is 10.3. The van der Waals surface area contributed by atoms with Gasteiger partial charge in [0, 0.05) is 12.3 Å². The number of hydrogen-bond acceptors (Lipinski definition) is 3. The van der Waals surface area contributed by atoms with Crippen molar-refractivity contribution in [3.63, 3.8) is 0 Å². The lowest BCUT2D eigenvalue weighted by Crippen LogP contribution is -2.17. The third-order valence-electron chi connectivity index (χ3n) is 1.82. The van der Waals surface area contributed by atoms with E-state index in [9.17, 15) is 0 Å². The molecule has 82 valence electrons. The topological polar surface area (TPSA) is 12.0 Å². The van der Waals surface area contributed by atoms with Gasteiger partial charge in [0.25, 0.3) is 0 Å². The molecule has 0 bridgehead atoms. The first-order valence-corrected chi connectivity index (χ1v) is 6.91. The molecule has 0 saturated heterocycles. The van der Waals surface area contributed by atoms with Crippen molar-refractivity contribution in [2.45, 2.75) is 13.0 Å². The highest BCUT2D eigenvalue weighted by Crippen LogP contribution is 2.06.